The van der Waals surface area contributed by atoms with E-state index >= 15 is 0 Å². The zero-order chi connectivity index (χ0) is 27.0. The third-order valence-electron chi connectivity index (χ3n) is 7.34. The van der Waals surface area contributed by atoms with Crippen LogP contribution in [0.4, 0.5) is 11.6 Å². The second-order valence-electron chi connectivity index (χ2n) is 10.3. The molecule has 39 heavy (non-hydrogen) atoms. The number of likely N-dealkylation sites (tertiary alicyclic amines) is 1. The van der Waals surface area contributed by atoms with Gasteiger partial charge in [-0.25, -0.2) is 9.97 Å². The number of piperidine rings is 1. The summed E-state index contributed by atoms with van der Waals surface area (Å²) in [4.78, 5) is 23.4. The van der Waals surface area contributed by atoms with Crippen LogP contribution in [0.25, 0.3) is 11.4 Å². The molecule has 0 radical (unpaired) electrons. The fraction of sp³-hybridized carbons (Fsp3) is 0.433. The van der Waals surface area contributed by atoms with Gasteiger partial charge in [0.2, 0.25) is 5.91 Å². The molecule has 3 aromatic rings. The topological polar surface area (TPSA) is 91.4 Å². The number of carbonyl (C=O) groups excluding carboxylic acids is 1. The summed E-state index contributed by atoms with van der Waals surface area (Å²) in [5.41, 5.74) is 3.25. The van der Waals surface area contributed by atoms with E-state index in [1.807, 2.05) is 42.5 Å². The van der Waals surface area contributed by atoms with Crippen molar-refractivity contribution in [2.45, 2.75) is 44.8 Å². The van der Waals surface area contributed by atoms with Crippen LogP contribution in [-0.2, 0) is 22.4 Å². The van der Waals surface area contributed by atoms with Crippen molar-refractivity contribution in [3.63, 3.8) is 0 Å². The molecular formula is C30H37ClN6O2. The third-order valence-corrected chi connectivity index (χ3v) is 7.71. The Morgan fingerprint density at radius 1 is 1.08 bits per heavy atom. The highest BCUT2D eigenvalue weighted by Crippen LogP contribution is 2.32. The Kier molecular flexibility index (Phi) is 9.29. The lowest BCUT2D eigenvalue weighted by Crippen LogP contribution is -2.39. The molecule has 3 N–H and O–H groups in total. The SMILES string of the molecule is CC(=O)NCCNc1nc(-c2ccccc2)nc2c1CC(COC1CCN(CCc3ccccc3Cl)CC1)N2. The maximum absolute atomic E-state index is 11.3. The molecule has 1 saturated heterocycles. The molecule has 206 valence electrons. The Bertz CT molecular complexity index is 1250. The Morgan fingerprint density at radius 3 is 2.62 bits per heavy atom. The number of benzene rings is 2. The van der Waals surface area contributed by atoms with E-state index in [2.05, 4.69) is 33.0 Å². The van der Waals surface area contributed by atoms with Crippen molar-refractivity contribution in [3.8, 4) is 11.4 Å². The van der Waals surface area contributed by atoms with E-state index in [-0.39, 0.29) is 18.1 Å². The number of anilines is 2. The van der Waals surface area contributed by atoms with Gasteiger partial charge in [0, 0.05) is 62.2 Å². The summed E-state index contributed by atoms with van der Waals surface area (Å²) >= 11 is 6.32. The summed E-state index contributed by atoms with van der Waals surface area (Å²) in [5, 5.41) is 10.7. The Balaban J connectivity index is 1.13. The molecule has 3 heterocycles. The molecule has 1 unspecified atom stereocenters. The van der Waals surface area contributed by atoms with Gasteiger partial charge in [0.25, 0.3) is 0 Å². The smallest absolute Gasteiger partial charge is 0.216 e. The Morgan fingerprint density at radius 2 is 1.85 bits per heavy atom. The van der Waals surface area contributed by atoms with Gasteiger partial charge in [0.15, 0.2) is 5.82 Å². The van der Waals surface area contributed by atoms with E-state index in [4.69, 9.17) is 26.3 Å². The number of hydrogen-bond donors (Lipinski definition) is 3. The molecule has 1 atom stereocenters. The monoisotopic (exact) mass is 548 g/mol. The predicted octanol–water partition coefficient (Wildman–Crippen LogP) is 4.41. The van der Waals surface area contributed by atoms with E-state index in [1.165, 1.54) is 12.5 Å². The van der Waals surface area contributed by atoms with Crippen LogP contribution in [0.15, 0.2) is 54.6 Å². The summed E-state index contributed by atoms with van der Waals surface area (Å²) in [6, 6.07) is 18.2. The van der Waals surface area contributed by atoms with Gasteiger partial charge in [0.1, 0.15) is 11.6 Å². The molecule has 0 aliphatic carbocycles. The first-order valence-electron chi connectivity index (χ1n) is 13.8. The van der Waals surface area contributed by atoms with Crippen LogP contribution in [0.5, 0.6) is 0 Å². The number of rotatable bonds is 11. The second kappa shape index (κ2) is 13.2. The van der Waals surface area contributed by atoms with Crippen molar-refractivity contribution in [2.24, 2.45) is 0 Å². The molecule has 0 saturated carbocycles. The van der Waals surface area contributed by atoms with E-state index in [0.717, 1.165) is 73.1 Å². The first kappa shape index (κ1) is 27.4. The Labute approximate surface area is 235 Å². The fourth-order valence-corrected chi connectivity index (χ4v) is 5.43. The van der Waals surface area contributed by atoms with Crippen LogP contribution >= 0.6 is 11.6 Å². The van der Waals surface area contributed by atoms with Crippen molar-refractivity contribution in [2.75, 3.05) is 50.0 Å². The fourth-order valence-electron chi connectivity index (χ4n) is 5.20. The van der Waals surface area contributed by atoms with Gasteiger partial charge in [-0.3, -0.25) is 4.79 Å². The summed E-state index contributed by atoms with van der Waals surface area (Å²) in [6.07, 6.45) is 4.12. The third kappa shape index (κ3) is 7.47. The number of carbonyl (C=O) groups is 1. The van der Waals surface area contributed by atoms with Crippen molar-refractivity contribution < 1.29 is 9.53 Å². The minimum atomic E-state index is -0.0417. The molecule has 8 nitrogen and oxygen atoms in total. The molecule has 2 aliphatic rings. The van der Waals surface area contributed by atoms with Crippen LogP contribution in [0.2, 0.25) is 5.02 Å². The largest absolute Gasteiger partial charge is 0.376 e. The minimum absolute atomic E-state index is 0.0417. The number of nitrogens with one attached hydrogen (secondary N) is 3. The number of ether oxygens (including phenoxy) is 1. The zero-order valence-electron chi connectivity index (χ0n) is 22.5. The first-order chi connectivity index (χ1) is 19.0. The maximum atomic E-state index is 11.3. The summed E-state index contributed by atoms with van der Waals surface area (Å²) in [7, 11) is 0. The average molecular weight is 549 g/mol. The number of amides is 1. The minimum Gasteiger partial charge on any atom is -0.376 e. The molecule has 0 bridgehead atoms. The van der Waals surface area contributed by atoms with Crippen molar-refractivity contribution >= 4 is 29.1 Å². The van der Waals surface area contributed by atoms with Crippen molar-refractivity contribution in [1.82, 2.24) is 20.2 Å². The first-order valence-corrected chi connectivity index (χ1v) is 14.2. The highest BCUT2D eigenvalue weighted by molar-refractivity contribution is 6.31. The normalized spacial score (nSPS) is 17.4. The average Bonchev–Trinajstić information content (AvgIpc) is 3.38. The van der Waals surface area contributed by atoms with Crippen LogP contribution in [-0.4, -0.2) is 72.3 Å². The number of halogens is 1. The molecular weight excluding hydrogens is 512 g/mol. The molecule has 5 rings (SSSR count). The zero-order valence-corrected chi connectivity index (χ0v) is 23.2. The second-order valence-corrected chi connectivity index (χ2v) is 10.7. The van der Waals surface area contributed by atoms with E-state index in [9.17, 15) is 4.79 Å². The van der Waals surface area contributed by atoms with Crippen molar-refractivity contribution in [3.05, 3.63) is 70.7 Å². The standard InChI is InChI=1S/C30H37ClN6O2/c1-21(38)32-14-15-33-29-26-19-24(34-30(26)36-28(35-29)23-8-3-2-4-9-23)20-39-25-12-17-37(18-13-25)16-11-22-7-5-6-10-27(22)31/h2-10,24-25H,11-20H2,1H3,(H,32,38)(H2,33,34,35,36). The lowest BCUT2D eigenvalue weighted by Gasteiger charge is -2.32. The Hall–Kier alpha value is -3.20. The summed E-state index contributed by atoms with van der Waals surface area (Å²) in [6.45, 7) is 6.39. The van der Waals surface area contributed by atoms with Crippen molar-refractivity contribution in [1.29, 1.82) is 0 Å². The number of hydrogen-bond acceptors (Lipinski definition) is 7. The predicted molar refractivity (Wildman–Crippen MR) is 156 cm³/mol. The van der Waals surface area contributed by atoms with Gasteiger partial charge < -0.3 is 25.6 Å². The summed E-state index contributed by atoms with van der Waals surface area (Å²) < 4.78 is 6.38. The van der Waals surface area contributed by atoms with E-state index in [1.54, 1.807) is 0 Å². The maximum Gasteiger partial charge on any atom is 0.216 e. The van der Waals surface area contributed by atoms with Gasteiger partial charge >= 0.3 is 0 Å². The molecule has 1 fully saturated rings. The van der Waals surface area contributed by atoms with E-state index < -0.39 is 0 Å². The van der Waals surface area contributed by atoms with Gasteiger partial charge in [-0.15, -0.1) is 0 Å². The van der Waals surface area contributed by atoms with Gasteiger partial charge in [0.05, 0.1) is 18.8 Å². The quantitative estimate of drug-likeness (QED) is 0.306. The lowest BCUT2D eigenvalue weighted by molar-refractivity contribution is -0.118. The summed E-state index contributed by atoms with van der Waals surface area (Å²) in [5.74, 6) is 2.30. The number of fused-ring (bicyclic) bond motifs is 1. The van der Waals surface area contributed by atoms with Crippen LogP contribution in [0, 0.1) is 0 Å². The number of nitrogens with zero attached hydrogens (tertiary/aromatic N) is 3. The van der Waals surface area contributed by atoms with Crippen LogP contribution < -0.4 is 16.0 Å². The van der Waals surface area contributed by atoms with Gasteiger partial charge in [-0.05, 0) is 30.9 Å². The molecule has 2 aliphatic heterocycles. The van der Waals surface area contributed by atoms with Gasteiger partial charge in [-0.1, -0.05) is 60.1 Å². The molecule has 0 spiro atoms. The molecule has 1 amide bonds. The van der Waals surface area contributed by atoms with Gasteiger partial charge in [-0.2, -0.15) is 0 Å². The lowest BCUT2D eigenvalue weighted by atomic mass is 10.1. The molecule has 9 heteroatoms. The highest BCUT2D eigenvalue weighted by Gasteiger charge is 2.28. The number of aromatic nitrogens is 2. The molecule has 1 aromatic heterocycles. The highest BCUT2D eigenvalue weighted by atomic mass is 35.5. The van der Waals surface area contributed by atoms with Crippen LogP contribution in [0.3, 0.4) is 0 Å². The van der Waals surface area contributed by atoms with E-state index in [0.29, 0.717) is 25.5 Å². The molecule has 2 aromatic carbocycles. The van der Waals surface area contributed by atoms with Crippen LogP contribution in [0.1, 0.15) is 30.9 Å².